The highest BCUT2D eigenvalue weighted by Crippen LogP contribution is 2.29. The van der Waals surface area contributed by atoms with Crippen molar-refractivity contribution in [3.05, 3.63) is 64.1 Å². The van der Waals surface area contributed by atoms with E-state index in [-0.39, 0.29) is 22.4 Å². The lowest BCUT2D eigenvalue weighted by Gasteiger charge is -2.28. The van der Waals surface area contributed by atoms with Crippen molar-refractivity contribution in [2.45, 2.75) is 42.7 Å². The molecule has 0 aliphatic heterocycles. The summed E-state index contributed by atoms with van der Waals surface area (Å²) in [7, 11) is -2.47. The van der Waals surface area contributed by atoms with Crippen LogP contribution < -0.4 is 15.8 Å². The monoisotopic (exact) mass is 489 g/mol. The molecule has 3 aromatic rings. The average Bonchev–Trinajstić information content (AvgIpc) is 3.09. The number of rotatable bonds is 8. The molecule has 2 N–H and O–H groups in total. The van der Waals surface area contributed by atoms with Crippen LogP contribution in [0.25, 0.3) is 11.1 Å². The van der Waals surface area contributed by atoms with E-state index in [2.05, 4.69) is 16.1 Å². The molecule has 1 aliphatic rings. The number of thioether (sulfide) groups is 1. The minimum absolute atomic E-state index is 0.0608. The van der Waals surface area contributed by atoms with Crippen LogP contribution in [0.4, 0.5) is 0 Å². The average molecular weight is 490 g/mol. The number of oxazole rings is 1. The molecule has 0 bridgehead atoms. The number of fused-ring (bicyclic) bond motifs is 2. The zero-order valence-corrected chi connectivity index (χ0v) is 20.2. The van der Waals surface area contributed by atoms with Crippen molar-refractivity contribution in [3.63, 3.8) is 0 Å². The van der Waals surface area contributed by atoms with E-state index in [0.29, 0.717) is 17.7 Å². The van der Waals surface area contributed by atoms with Gasteiger partial charge in [-0.05, 0) is 61.0 Å². The highest BCUT2D eigenvalue weighted by atomic mass is 32.2. The smallest absolute Gasteiger partial charge is 0.408 e. The second-order valence-electron chi connectivity index (χ2n) is 8.16. The Balaban J connectivity index is 1.56. The fourth-order valence-electron chi connectivity index (χ4n) is 4.19. The van der Waals surface area contributed by atoms with Gasteiger partial charge in [-0.3, -0.25) is 9.36 Å². The molecule has 0 saturated heterocycles. The quantitative estimate of drug-likeness (QED) is 0.503. The van der Waals surface area contributed by atoms with Gasteiger partial charge in [0.05, 0.1) is 16.5 Å². The third-order valence-corrected chi connectivity index (χ3v) is 8.10. The van der Waals surface area contributed by atoms with Gasteiger partial charge in [-0.2, -0.15) is 16.5 Å². The van der Waals surface area contributed by atoms with E-state index in [1.165, 1.54) is 28.3 Å². The van der Waals surface area contributed by atoms with Gasteiger partial charge in [0, 0.05) is 13.1 Å². The number of sulfonamides is 1. The summed E-state index contributed by atoms with van der Waals surface area (Å²) < 4.78 is 35.2. The van der Waals surface area contributed by atoms with Gasteiger partial charge in [0.25, 0.3) is 0 Å². The first-order valence-electron chi connectivity index (χ1n) is 10.8. The topological polar surface area (TPSA) is 110 Å². The van der Waals surface area contributed by atoms with Gasteiger partial charge < -0.3 is 9.73 Å². The molecule has 0 spiro atoms. The van der Waals surface area contributed by atoms with Crippen molar-refractivity contribution >= 4 is 38.8 Å². The number of nitrogens with zero attached hydrogens (tertiary/aromatic N) is 1. The lowest BCUT2D eigenvalue weighted by Crippen LogP contribution is -2.48. The van der Waals surface area contributed by atoms with Crippen molar-refractivity contribution in [3.8, 4) is 0 Å². The molecule has 0 fully saturated rings. The van der Waals surface area contributed by atoms with Crippen LogP contribution in [-0.2, 0) is 28.3 Å². The van der Waals surface area contributed by atoms with E-state index in [0.717, 1.165) is 24.8 Å². The van der Waals surface area contributed by atoms with Crippen LogP contribution in [0.2, 0.25) is 0 Å². The Hall–Kier alpha value is -2.56. The summed E-state index contributed by atoms with van der Waals surface area (Å²) in [6, 6.07) is 11.2. The standard InChI is InChI=1S/C23H27N3O5S2/c1-26-20-11-10-16(14-21(20)31-23(26)28)33(29,30)25-19(12-13-32-2)22(27)24-18-9-5-7-15-6-3-4-8-17(15)18/h3-4,6,8,10-11,14,18-19,25H,5,7,9,12-13H2,1-2H3,(H,24,27)/t18-,19+/m0/s1. The van der Waals surface area contributed by atoms with Crippen molar-refractivity contribution < 1.29 is 17.6 Å². The Morgan fingerprint density at radius 1 is 1.27 bits per heavy atom. The van der Waals surface area contributed by atoms with E-state index in [9.17, 15) is 18.0 Å². The van der Waals surface area contributed by atoms with Crippen molar-refractivity contribution in [2.75, 3.05) is 12.0 Å². The summed E-state index contributed by atoms with van der Waals surface area (Å²) in [6.07, 6.45) is 5.01. The Labute approximate surface area is 196 Å². The van der Waals surface area contributed by atoms with Crippen LogP contribution in [0.1, 0.15) is 36.4 Å². The Kier molecular flexibility index (Phi) is 6.96. The number of aryl methyl sites for hydroxylation is 2. The van der Waals surface area contributed by atoms with E-state index in [1.54, 1.807) is 18.8 Å². The predicted molar refractivity (Wildman–Crippen MR) is 129 cm³/mol. The Bertz CT molecular complexity index is 1330. The van der Waals surface area contributed by atoms with Crippen LogP contribution in [0.15, 0.2) is 56.6 Å². The molecule has 1 aliphatic carbocycles. The van der Waals surface area contributed by atoms with Gasteiger partial charge in [-0.1, -0.05) is 24.3 Å². The zero-order chi connectivity index (χ0) is 23.6. The molecule has 2 atom stereocenters. The molecule has 0 saturated carbocycles. The van der Waals surface area contributed by atoms with Gasteiger partial charge in [-0.25, -0.2) is 13.2 Å². The molecule has 8 nitrogen and oxygen atoms in total. The summed E-state index contributed by atoms with van der Waals surface area (Å²) in [4.78, 5) is 24.9. The van der Waals surface area contributed by atoms with Gasteiger partial charge in [-0.15, -0.1) is 0 Å². The summed E-state index contributed by atoms with van der Waals surface area (Å²) in [5, 5.41) is 3.06. The summed E-state index contributed by atoms with van der Waals surface area (Å²) in [6.45, 7) is 0. The molecule has 0 radical (unpaired) electrons. The number of amides is 1. The molecule has 0 unspecified atom stereocenters. The first-order chi connectivity index (χ1) is 15.8. The number of carbonyl (C=O) groups excluding carboxylic acids is 1. The highest BCUT2D eigenvalue weighted by Gasteiger charge is 2.29. The summed E-state index contributed by atoms with van der Waals surface area (Å²) >= 11 is 1.54. The second-order valence-corrected chi connectivity index (χ2v) is 10.9. The molecule has 2 aromatic carbocycles. The Morgan fingerprint density at radius 2 is 2.06 bits per heavy atom. The lowest BCUT2D eigenvalue weighted by molar-refractivity contribution is -0.123. The second kappa shape index (κ2) is 9.74. The van der Waals surface area contributed by atoms with Crippen LogP contribution in [-0.4, -0.2) is 36.9 Å². The van der Waals surface area contributed by atoms with Crippen LogP contribution in [0, 0.1) is 0 Å². The maximum Gasteiger partial charge on any atom is 0.419 e. The number of benzene rings is 2. The molecular weight excluding hydrogens is 462 g/mol. The first kappa shape index (κ1) is 23.6. The molecule has 1 amide bonds. The number of nitrogens with one attached hydrogen (secondary N) is 2. The summed E-state index contributed by atoms with van der Waals surface area (Å²) in [5.74, 6) is -0.298. The Morgan fingerprint density at radius 3 is 2.85 bits per heavy atom. The van der Waals surface area contributed by atoms with E-state index in [4.69, 9.17) is 4.42 Å². The molecule has 1 heterocycles. The molecule has 176 valence electrons. The molecule has 1 aromatic heterocycles. The van der Waals surface area contributed by atoms with Gasteiger partial charge in [0.1, 0.15) is 6.04 Å². The lowest BCUT2D eigenvalue weighted by atomic mass is 9.87. The van der Waals surface area contributed by atoms with Crippen LogP contribution >= 0.6 is 11.8 Å². The van der Waals surface area contributed by atoms with E-state index < -0.39 is 21.8 Å². The molecular formula is C23H27N3O5S2. The minimum atomic E-state index is -4.02. The number of aromatic nitrogens is 1. The molecule has 10 heteroatoms. The predicted octanol–water partition coefficient (Wildman–Crippen LogP) is 2.73. The number of hydrogen-bond donors (Lipinski definition) is 2. The van der Waals surface area contributed by atoms with Gasteiger partial charge in [0.2, 0.25) is 15.9 Å². The normalized spacial score (nSPS) is 17.0. The maximum absolute atomic E-state index is 13.2. The number of carbonyl (C=O) groups is 1. The minimum Gasteiger partial charge on any atom is -0.408 e. The third kappa shape index (κ3) is 5.02. The SMILES string of the molecule is CSCC[C@@H](NS(=O)(=O)c1ccc2c(c1)oc(=O)n2C)C(=O)N[C@H]1CCCc2ccccc21. The van der Waals surface area contributed by atoms with Gasteiger partial charge >= 0.3 is 5.76 Å². The van der Waals surface area contributed by atoms with Crippen molar-refractivity contribution in [1.29, 1.82) is 0 Å². The van der Waals surface area contributed by atoms with E-state index >= 15 is 0 Å². The van der Waals surface area contributed by atoms with E-state index in [1.807, 2.05) is 24.5 Å². The van der Waals surface area contributed by atoms with Crippen molar-refractivity contribution in [2.24, 2.45) is 7.05 Å². The first-order valence-corrected chi connectivity index (χ1v) is 13.7. The maximum atomic E-state index is 13.2. The van der Waals surface area contributed by atoms with Crippen LogP contribution in [0.3, 0.4) is 0 Å². The zero-order valence-electron chi connectivity index (χ0n) is 18.5. The van der Waals surface area contributed by atoms with Crippen LogP contribution in [0.5, 0.6) is 0 Å². The molecule has 4 rings (SSSR count). The largest absolute Gasteiger partial charge is 0.419 e. The fourth-order valence-corrected chi connectivity index (χ4v) is 5.91. The summed E-state index contributed by atoms with van der Waals surface area (Å²) in [5.41, 5.74) is 2.97. The molecule has 33 heavy (non-hydrogen) atoms. The third-order valence-electron chi connectivity index (χ3n) is 5.98. The number of hydrogen-bond acceptors (Lipinski definition) is 6. The van der Waals surface area contributed by atoms with Gasteiger partial charge in [0.15, 0.2) is 5.58 Å². The fraction of sp³-hybridized carbons (Fsp3) is 0.391. The highest BCUT2D eigenvalue weighted by molar-refractivity contribution is 7.98. The van der Waals surface area contributed by atoms with Crippen molar-refractivity contribution in [1.82, 2.24) is 14.6 Å².